The zero-order valence-electron chi connectivity index (χ0n) is 12.3. The van der Waals surface area contributed by atoms with E-state index in [1.165, 1.54) is 0 Å². The van der Waals surface area contributed by atoms with Gasteiger partial charge in [0.1, 0.15) is 0 Å². The molecular formula is C15H28N2O2. The molecule has 1 unspecified atom stereocenters. The number of aliphatic hydroxyl groups is 1. The van der Waals surface area contributed by atoms with E-state index in [-0.39, 0.29) is 5.91 Å². The summed E-state index contributed by atoms with van der Waals surface area (Å²) in [6.45, 7) is 6.89. The summed E-state index contributed by atoms with van der Waals surface area (Å²) in [5.74, 6) is 0.562. The number of hydrogen-bond acceptors (Lipinski definition) is 3. The van der Waals surface area contributed by atoms with Crippen molar-refractivity contribution in [1.29, 1.82) is 0 Å². The van der Waals surface area contributed by atoms with Gasteiger partial charge in [-0.1, -0.05) is 13.8 Å². The van der Waals surface area contributed by atoms with Gasteiger partial charge in [0, 0.05) is 13.0 Å². The van der Waals surface area contributed by atoms with Crippen LogP contribution < -0.4 is 10.6 Å². The fourth-order valence-electron chi connectivity index (χ4n) is 3.06. The smallest absolute Gasteiger partial charge is 0.220 e. The van der Waals surface area contributed by atoms with E-state index in [9.17, 15) is 9.90 Å². The highest BCUT2D eigenvalue weighted by molar-refractivity contribution is 5.76. The van der Waals surface area contributed by atoms with Crippen LogP contribution in [0.2, 0.25) is 0 Å². The molecule has 0 aromatic carbocycles. The van der Waals surface area contributed by atoms with Gasteiger partial charge in [0.25, 0.3) is 0 Å². The van der Waals surface area contributed by atoms with Gasteiger partial charge < -0.3 is 15.7 Å². The number of nitrogens with one attached hydrogen (secondary N) is 2. The molecule has 1 amide bonds. The van der Waals surface area contributed by atoms with E-state index in [4.69, 9.17) is 0 Å². The first-order valence-corrected chi connectivity index (χ1v) is 7.58. The van der Waals surface area contributed by atoms with Crippen LogP contribution in [0.1, 0.15) is 52.4 Å². The second-order valence-electron chi connectivity index (χ2n) is 7.23. The molecule has 2 rings (SSSR count). The van der Waals surface area contributed by atoms with E-state index in [0.717, 1.165) is 45.2 Å². The van der Waals surface area contributed by atoms with Crippen molar-refractivity contribution < 1.29 is 9.90 Å². The normalized spacial score (nSPS) is 29.1. The average Bonchev–Trinajstić information content (AvgIpc) is 2.84. The second-order valence-corrected chi connectivity index (χ2v) is 7.23. The molecule has 2 aliphatic rings. The molecule has 4 heteroatoms. The Kier molecular flexibility index (Phi) is 4.51. The summed E-state index contributed by atoms with van der Waals surface area (Å²) in [7, 11) is 0. The molecule has 1 saturated heterocycles. The second kappa shape index (κ2) is 5.80. The molecule has 0 spiro atoms. The molecule has 1 aliphatic heterocycles. The highest BCUT2D eigenvalue weighted by atomic mass is 16.3. The number of carbonyl (C=O) groups is 1. The first-order valence-electron chi connectivity index (χ1n) is 7.58. The molecule has 2 fully saturated rings. The van der Waals surface area contributed by atoms with Crippen molar-refractivity contribution >= 4 is 5.91 Å². The van der Waals surface area contributed by atoms with Crippen molar-refractivity contribution in [3.05, 3.63) is 0 Å². The largest absolute Gasteiger partial charge is 0.388 e. The molecule has 0 bridgehead atoms. The summed E-state index contributed by atoms with van der Waals surface area (Å²) in [4.78, 5) is 11.9. The van der Waals surface area contributed by atoms with Gasteiger partial charge >= 0.3 is 0 Å². The predicted molar refractivity (Wildman–Crippen MR) is 75.8 cm³/mol. The molecule has 1 aliphatic carbocycles. The summed E-state index contributed by atoms with van der Waals surface area (Å²) in [6, 6.07) is 0. The summed E-state index contributed by atoms with van der Waals surface area (Å²) < 4.78 is 0. The molecule has 0 radical (unpaired) electrons. The SMILES string of the molecule is CC1(C)CCC(O)(CNC(=O)CC2CCNC2)CC1. The molecule has 4 nitrogen and oxygen atoms in total. The lowest BCUT2D eigenvalue weighted by Crippen LogP contribution is -2.46. The summed E-state index contributed by atoms with van der Waals surface area (Å²) in [5, 5.41) is 16.7. The van der Waals surface area contributed by atoms with E-state index < -0.39 is 5.60 Å². The Morgan fingerprint density at radius 1 is 1.32 bits per heavy atom. The number of rotatable bonds is 4. The molecule has 110 valence electrons. The Morgan fingerprint density at radius 3 is 2.58 bits per heavy atom. The van der Waals surface area contributed by atoms with Crippen LogP contribution in [0.5, 0.6) is 0 Å². The lowest BCUT2D eigenvalue weighted by Gasteiger charge is -2.40. The van der Waals surface area contributed by atoms with E-state index in [1.54, 1.807) is 0 Å². The van der Waals surface area contributed by atoms with Crippen LogP contribution in [-0.4, -0.2) is 36.2 Å². The third-order valence-corrected chi connectivity index (χ3v) is 4.79. The Labute approximate surface area is 116 Å². The zero-order valence-corrected chi connectivity index (χ0v) is 12.3. The Bertz CT molecular complexity index is 312. The highest BCUT2D eigenvalue weighted by Gasteiger charge is 2.36. The number of hydrogen-bond donors (Lipinski definition) is 3. The van der Waals surface area contributed by atoms with Gasteiger partial charge in [0.05, 0.1) is 5.60 Å². The molecule has 1 heterocycles. The fraction of sp³-hybridized carbons (Fsp3) is 0.933. The topological polar surface area (TPSA) is 61.4 Å². The van der Waals surface area contributed by atoms with Gasteiger partial charge in [0.2, 0.25) is 5.91 Å². The van der Waals surface area contributed by atoms with Crippen molar-refractivity contribution in [2.45, 2.75) is 58.0 Å². The number of amides is 1. The van der Waals surface area contributed by atoms with E-state index in [1.807, 2.05) is 0 Å². The first-order chi connectivity index (χ1) is 8.89. The minimum absolute atomic E-state index is 0.0898. The van der Waals surface area contributed by atoms with Crippen LogP contribution in [0.4, 0.5) is 0 Å². The maximum Gasteiger partial charge on any atom is 0.220 e. The Hall–Kier alpha value is -0.610. The van der Waals surface area contributed by atoms with Crippen molar-refractivity contribution in [3.63, 3.8) is 0 Å². The molecule has 0 aromatic heterocycles. The van der Waals surface area contributed by atoms with Crippen LogP contribution in [0.15, 0.2) is 0 Å². The minimum atomic E-state index is -0.681. The Balaban J connectivity index is 1.70. The van der Waals surface area contributed by atoms with Gasteiger partial charge in [-0.3, -0.25) is 4.79 Å². The van der Waals surface area contributed by atoms with Gasteiger partial charge in [-0.25, -0.2) is 0 Å². The highest BCUT2D eigenvalue weighted by Crippen LogP contribution is 2.39. The van der Waals surface area contributed by atoms with Gasteiger partial charge in [-0.2, -0.15) is 0 Å². The van der Waals surface area contributed by atoms with Gasteiger partial charge in [-0.15, -0.1) is 0 Å². The van der Waals surface area contributed by atoms with Crippen LogP contribution in [-0.2, 0) is 4.79 Å². The standard InChI is InChI=1S/C15H28N2O2/c1-14(2)4-6-15(19,7-5-14)11-17-13(18)9-12-3-8-16-10-12/h12,16,19H,3-11H2,1-2H3,(H,17,18). The van der Waals surface area contributed by atoms with Crippen molar-refractivity contribution in [2.24, 2.45) is 11.3 Å². The van der Waals surface area contributed by atoms with Crippen molar-refractivity contribution in [1.82, 2.24) is 10.6 Å². The summed E-state index contributed by atoms with van der Waals surface area (Å²) in [5.41, 5.74) is -0.342. The van der Waals surface area contributed by atoms with Gasteiger partial charge in [-0.05, 0) is 56.5 Å². The third kappa shape index (κ3) is 4.46. The molecule has 1 saturated carbocycles. The minimum Gasteiger partial charge on any atom is -0.388 e. The van der Waals surface area contributed by atoms with E-state index in [2.05, 4.69) is 24.5 Å². The lowest BCUT2D eigenvalue weighted by atomic mass is 9.71. The molecule has 19 heavy (non-hydrogen) atoms. The summed E-state index contributed by atoms with van der Waals surface area (Å²) >= 11 is 0. The average molecular weight is 268 g/mol. The van der Waals surface area contributed by atoms with Gasteiger partial charge in [0.15, 0.2) is 0 Å². The Morgan fingerprint density at radius 2 is 2.00 bits per heavy atom. The maximum absolute atomic E-state index is 11.9. The van der Waals surface area contributed by atoms with Crippen LogP contribution in [0.25, 0.3) is 0 Å². The third-order valence-electron chi connectivity index (χ3n) is 4.79. The quantitative estimate of drug-likeness (QED) is 0.723. The molecule has 0 aromatic rings. The lowest BCUT2D eigenvalue weighted by molar-refractivity contribution is -0.123. The molecule has 1 atom stereocenters. The summed E-state index contributed by atoms with van der Waals surface area (Å²) in [6.07, 6.45) is 5.34. The maximum atomic E-state index is 11.9. The zero-order chi connectivity index (χ0) is 13.9. The molecule has 3 N–H and O–H groups in total. The van der Waals surface area contributed by atoms with Crippen LogP contribution in [0.3, 0.4) is 0 Å². The van der Waals surface area contributed by atoms with Crippen LogP contribution >= 0.6 is 0 Å². The van der Waals surface area contributed by atoms with E-state index in [0.29, 0.717) is 24.3 Å². The van der Waals surface area contributed by atoms with Crippen molar-refractivity contribution in [2.75, 3.05) is 19.6 Å². The molecular weight excluding hydrogens is 240 g/mol. The predicted octanol–water partition coefficient (Wildman–Crippen LogP) is 1.43. The van der Waals surface area contributed by atoms with Crippen molar-refractivity contribution in [3.8, 4) is 0 Å². The first kappa shape index (κ1) is 14.8. The van der Waals surface area contributed by atoms with Crippen LogP contribution in [0, 0.1) is 11.3 Å². The number of carbonyl (C=O) groups excluding carboxylic acids is 1. The van der Waals surface area contributed by atoms with E-state index >= 15 is 0 Å². The fourth-order valence-corrected chi connectivity index (χ4v) is 3.06. The monoisotopic (exact) mass is 268 g/mol.